The molecular weight excluding hydrogens is 256 g/mol. The molecule has 0 bridgehead atoms. The topological polar surface area (TPSA) is 66.8 Å². The third-order valence-corrected chi connectivity index (χ3v) is 6.14. The molecule has 1 aliphatic heterocycles. The highest BCUT2D eigenvalue weighted by molar-refractivity contribution is 5.82. The van der Waals surface area contributed by atoms with E-state index in [1.165, 1.54) is 0 Å². The summed E-state index contributed by atoms with van der Waals surface area (Å²) in [5.41, 5.74) is -2.40. The summed E-state index contributed by atoms with van der Waals surface area (Å²) in [6, 6.07) is 0. The summed E-state index contributed by atoms with van der Waals surface area (Å²) in [4.78, 5) is 12.1. The van der Waals surface area contributed by atoms with Gasteiger partial charge < -0.3 is 14.9 Å². The molecule has 0 aromatic carbocycles. The summed E-state index contributed by atoms with van der Waals surface area (Å²) in [5, 5.41) is 20.5. The SMILES string of the molecule is CC1CCC2C(C=CC3COC(=O)C(O)(CO)C32C)C1. The van der Waals surface area contributed by atoms with Crippen LogP contribution < -0.4 is 0 Å². The predicted molar refractivity (Wildman–Crippen MR) is 73.7 cm³/mol. The Balaban J connectivity index is 2.05. The molecule has 4 heteroatoms. The van der Waals surface area contributed by atoms with Crippen molar-refractivity contribution in [3.8, 4) is 0 Å². The smallest absolute Gasteiger partial charge is 0.341 e. The Morgan fingerprint density at radius 2 is 2.15 bits per heavy atom. The van der Waals surface area contributed by atoms with E-state index in [-0.39, 0.29) is 11.8 Å². The van der Waals surface area contributed by atoms with Gasteiger partial charge in [-0.05, 0) is 30.6 Å². The highest BCUT2D eigenvalue weighted by Crippen LogP contribution is 2.58. The van der Waals surface area contributed by atoms with Crippen LogP contribution in [0.3, 0.4) is 0 Å². The second-order valence-electron chi connectivity index (χ2n) is 7.08. The molecule has 0 amide bonds. The van der Waals surface area contributed by atoms with Gasteiger partial charge in [-0.15, -0.1) is 0 Å². The third kappa shape index (κ3) is 1.64. The molecule has 4 nitrogen and oxygen atoms in total. The summed E-state index contributed by atoms with van der Waals surface area (Å²) >= 11 is 0. The molecule has 112 valence electrons. The lowest BCUT2D eigenvalue weighted by molar-refractivity contribution is -0.231. The minimum Gasteiger partial charge on any atom is -0.463 e. The van der Waals surface area contributed by atoms with Gasteiger partial charge in [0.05, 0.1) is 13.2 Å². The van der Waals surface area contributed by atoms with E-state index in [0.717, 1.165) is 19.3 Å². The number of allylic oxidation sites excluding steroid dienone is 1. The number of cyclic esters (lactones) is 1. The summed E-state index contributed by atoms with van der Waals surface area (Å²) < 4.78 is 5.12. The first-order valence-electron chi connectivity index (χ1n) is 7.62. The molecule has 6 atom stereocenters. The van der Waals surface area contributed by atoms with Gasteiger partial charge in [-0.2, -0.15) is 0 Å². The first-order valence-corrected chi connectivity index (χ1v) is 7.62. The fourth-order valence-electron chi connectivity index (χ4n) is 4.72. The Labute approximate surface area is 119 Å². The van der Waals surface area contributed by atoms with Gasteiger partial charge in [0.15, 0.2) is 5.60 Å². The molecule has 1 heterocycles. The fourth-order valence-corrected chi connectivity index (χ4v) is 4.72. The van der Waals surface area contributed by atoms with Gasteiger partial charge in [-0.3, -0.25) is 0 Å². The van der Waals surface area contributed by atoms with Gasteiger partial charge in [0.2, 0.25) is 0 Å². The molecule has 2 N–H and O–H groups in total. The molecule has 2 aliphatic carbocycles. The zero-order valence-electron chi connectivity index (χ0n) is 12.2. The van der Waals surface area contributed by atoms with Crippen molar-refractivity contribution in [2.24, 2.45) is 29.1 Å². The molecule has 1 saturated heterocycles. The zero-order chi connectivity index (χ0) is 14.5. The van der Waals surface area contributed by atoms with Crippen molar-refractivity contribution in [3.63, 3.8) is 0 Å². The first-order chi connectivity index (χ1) is 9.43. The summed E-state index contributed by atoms with van der Waals surface area (Å²) in [5.74, 6) is 0.639. The number of esters is 1. The van der Waals surface area contributed by atoms with E-state index >= 15 is 0 Å². The van der Waals surface area contributed by atoms with Crippen molar-refractivity contribution in [1.29, 1.82) is 0 Å². The number of hydrogen-bond acceptors (Lipinski definition) is 4. The maximum Gasteiger partial charge on any atom is 0.341 e. The van der Waals surface area contributed by atoms with Gasteiger partial charge in [0.25, 0.3) is 0 Å². The Bertz CT molecular complexity index is 446. The fraction of sp³-hybridized carbons (Fsp3) is 0.812. The van der Waals surface area contributed by atoms with Crippen molar-refractivity contribution in [2.45, 2.75) is 38.7 Å². The van der Waals surface area contributed by atoms with E-state index in [2.05, 4.69) is 19.1 Å². The normalized spacial score (nSPS) is 51.1. The predicted octanol–water partition coefficient (Wildman–Crippen LogP) is 1.51. The molecule has 0 aromatic rings. The molecule has 0 aromatic heterocycles. The second-order valence-corrected chi connectivity index (χ2v) is 7.08. The molecule has 1 saturated carbocycles. The van der Waals surface area contributed by atoms with Crippen LogP contribution in [0.4, 0.5) is 0 Å². The van der Waals surface area contributed by atoms with Crippen molar-refractivity contribution in [1.82, 2.24) is 0 Å². The highest BCUT2D eigenvalue weighted by atomic mass is 16.6. The first kappa shape index (κ1) is 14.1. The number of hydrogen-bond donors (Lipinski definition) is 2. The summed E-state index contributed by atoms with van der Waals surface area (Å²) in [6.45, 7) is 3.97. The third-order valence-electron chi connectivity index (χ3n) is 6.14. The van der Waals surface area contributed by atoms with Crippen molar-refractivity contribution >= 4 is 5.97 Å². The lowest BCUT2D eigenvalue weighted by Crippen LogP contribution is -2.68. The minimum absolute atomic E-state index is 0.00740. The van der Waals surface area contributed by atoms with Crippen LogP contribution in [0.2, 0.25) is 0 Å². The molecule has 6 unspecified atom stereocenters. The second kappa shape index (κ2) is 4.57. The molecule has 3 aliphatic rings. The highest BCUT2D eigenvalue weighted by Gasteiger charge is 2.65. The van der Waals surface area contributed by atoms with Crippen LogP contribution in [0.25, 0.3) is 0 Å². The molecule has 2 fully saturated rings. The Morgan fingerprint density at radius 3 is 2.85 bits per heavy atom. The number of ether oxygens (including phenoxy) is 1. The van der Waals surface area contributed by atoms with Crippen molar-refractivity contribution < 1.29 is 19.7 Å². The van der Waals surface area contributed by atoms with Crippen LogP contribution in [-0.2, 0) is 9.53 Å². The Morgan fingerprint density at radius 1 is 1.40 bits per heavy atom. The standard InChI is InChI=1S/C16H24O4/c1-10-3-6-13-11(7-10)4-5-12-8-20-14(18)16(19,9-17)15(12,13)2/h4-5,10-13,17,19H,3,6-9H2,1-2H3. The van der Waals surface area contributed by atoms with Crippen LogP contribution in [0, 0.1) is 29.1 Å². The Kier molecular flexibility index (Phi) is 3.22. The molecular formula is C16H24O4. The number of rotatable bonds is 1. The molecule has 0 spiro atoms. The number of aliphatic hydroxyl groups is 2. The van der Waals surface area contributed by atoms with Crippen molar-refractivity contribution in [3.05, 3.63) is 12.2 Å². The van der Waals surface area contributed by atoms with Crippen LogP contribution >= 0.6 is 0 Å². The van der Waals surface area contributed by atoms with Gasteiger partial charge in [-0.25, -0.2) is 4.79 Å². The summed E-state index contributed by atoms with van der Waals surface area (Å²) in [6.07, 6.45) is 7.54. The lowest BCUT2D eigenvalue weighted by atomic mass is 9.49. The van der Waals surface area contributed by atoms with Crippen LogP contribution in [0.1, 0.15) is 33.1 Å². The number of fused-ring (bicyclic) bond motifs is 3. The number of carbonyl (C=O) groups excluding carboxylic acids is 1. The average Bonchev–Trinajstić information content (AvgIpc) is 2.43. The molecule has 20 heavy (non-hydrogen) atoms. The van der Waals surface area contributed by atoms with E-state index in [1.54, 1.807) is 0 Å². The number of aliphatic hydroxyl groups excluding tert-OH is 1. The van der Waals surface area contributed by atoms with Crippen molar-refractivity contribution in [2.75, 3.05) is 13.2 Å². The summed E-state index contributed by atoms with van der Waals surface area (Å²) in [7, 11) is 0. The average molecular weight is 280 g/mol. The van der Waals surface area contributed by atoms with Crippen LogP contribution in [0.15, 0.2) is 12.2 Å². The number of carbonyl (C=O) groups is 1. The quantitative estimate of drug-likeness (QED) is 0.564. The van der Waals surface area contributed by atoms with Gasteiger partial charge in [0, 0.05) is 11.3 Å². The maximum atomic E-state index is 12.1. The van der Waals surface area contributed by atoms with E-state index in [1.807, 2.05) is 6.92 Å². The minimum atomic E-state index is -1.77. The van der Waals surface area contributed by atoms with E-state index in [9.17, 15) is 15.0 Å². The largest absolute Gasteiger partial charge is 0.463 e. The maximum absolute atomic E-state index is 12.1. The zero-order valence-corrected chi connectivity index (χ0v) is 12.2. The van der Waals surface area contributed by atoms with E-state index in [0.29, 0.717) is 18.4 Å². The monoisotopic (exact) mass is 280 g/mol. The van der Waals surface area contributed by atoms with Crippen LogP contribution in [-0.4, -0.2) is 35.0 Å². The van der Waals surface area contributed by atoms with E-state index in [4.69, 9.17) is 4.74 Å². The van der Waals surface area contributed by atoms with Crippen LogP contribution in [0.5, 0.6) is 0 Å². The molecule has 3 rings (SSSR count). The van der Waals surface area contributed by atoms with Gasteiger partial charge >= 0.3 is 5.97 Å². The molecule has 0 radical (unpaired) electrons. The Hall–Kier alpha value is -0.870. The van der Waals surface area contributed by atoms with Gasteiger partial charge in [-0.1, -0.05) is 32.4 Å². The lowest BCUT2D eigenvalue weighted by Gasteiger charge is -2.58. The van der Waals surface area contributed by atoms with Gasteiger partial charge in [0.1, 0.15) is 0 Å². The van der Waals surface area contributed by atoms with E-state index < -0.39 is 23.6 Å².